The minimum Gasteiger partial charge on any atom is -0.277 e. The summed E-state index contributed by atoms with van der Waals surface area (Å²) in [5.41, 5.74) is 12.4. The van der Waals surface area contributed by atoms with Crippen molar-refractivity contribution >= 4 is 27.7 Å². The first-order valence-corrected chi connectivity index (χ1v) is 10.3. The van der Waals surface area contributed by atoms with Gasteiger partial charge in [0.25, 0.3) is 0 Å². The Morgan fingerprint density at radius 2 is 1.30 bits per heavy atom. The topological polar surface area (TPSA) is 91.9 Å². The number of hydrogen-bond donors (Lipinski definition) is 2. The maximum Gasteiger partial charge on any atom is 0.235 e. The number of fused-ring (bicyclic) bond motifs is 1. The standard InChI is InChI=1S/C21H22N8S/c1-13-5-9-17(10-6-13)23-25-19-15(3)22-27-21-29(19)28-16(4)20(30-21)26-24-18-11-7-14(2)8-12-18/h5-12,23-24H,1-4H3/b25-19+,26-20+. The van der Waals surface area contributed by atoms with Crippen LogP contribution in [0.4, 0.5) is 11.4 Å². The van der Waals surface area contributed by atoms with Gasteiger partial charge in [-0.15, -0.1) is 10.2 Å². The lowest BCUT2D eigenvalue weighted by atomic mass is 10.2. The van der Waals surface area contributed by atoms with Gasteiger partial charge in [-0.2, -0.15) is 19.8 Å². The third-order valence-corrected chi connectivity index (χ3v) is 5.44. The van der Waals surface area contributed by atoms with Crippen LogP contribution in [0.2, 0.25) is 0 Å². The monoisotopic (exact) mass is 418 g/mol. The zero-order chi connectivity index (χ0) is 21.1. The van der Waals surface area contributed by atoms with Crippen LogP contribution in [0.1, 0.15) is 22.5 Å². The minimum absolute atomic E-state index is 0.595. The molecule has 2 heterocycles. The van der Waals surface area contributed by atoms with Crippen LogP contribution in [0.15, 0.2) is 58.7 Å². The molecule has 4 aromatic rings. The SMILES string of the molecule is Cc1ccc(N/N=c2/sc3nnc(C)/c(=N\Nc4ccc(C)cc4)n3nc2C)cc1. The number of anilines is 2. The highest BCUT2D eigenvalue weighted by Crippen LogP contribution is 2.09. The van der Waals surface area contributed by atoms with Gasteiger partial charge in [0, 0.05) is 0 Å². The quantitative estimate of drug-likeness (QED) is 0.496. The van der Waals surface area contributed by atoms with Crippen molar-refractivity contribution in [2.75, 3.05) is 10.9 Å². The number of rotatable bonds is 4. The molecule has 8 nitrogen and oxygen atoms in total. The first-order valence-electron chi connectivity index (χ1n) is 9.46. The minimum atomic E-state index is 0.595. The molecular formula is C21H22N8S. The second-order valence-electron chi connectivity index (χ2n) is 6.98. The van der Waals surface area contributed by atoms with Gasteiger partial charge in [-0.3, -0.25) is 10.9 Å². The molecule has 152 valence electrons. The van der Waals surface area contributed by atoms with E-state index in [-0.39, 0.29) is 0 Å². The molecule has 0 radical (unpaired) electrons. The van der Waals surface area contributed by atoms with Gasteiger partial charge in [-0.25, -0.2) is 0 Å². The van der Waals surface area contributed by atoms with Crippen LogP contribution in [-0.2, 0) is 0 Å². The van der Waals surface area contributed by atoms with Gasteiger partial charge in [-0.05, 0) is 52.0 Å². The molecule has 0 amide bonds. The summed E-state index contributed by atoms with van der Waals surface area (Å²) < 4.78 is 2.42. The molecule has 0 saturated heterocycles. The summed E-state index contributed by atoms with van der Waals surface area (Å²) >= 11 is 1.39. The number of nitrogens with one attached hydrogen (secondary N) is 2. The third-order valence-electron chi connectivity index (χ3n) is 4.42. The zero-order valence-electron chi connectivity index (χ0n) is 17.2. The van der Waals surface area contributed by atoms with Crippen LogP contribution in [0, 0.1) is 27.7 Å². The molecular weight excluding hydrogens is 396 g/mol. The Kier molecular flexibility index (Phi) is 5.53. The van der Waals surface area contributed by atoms with E-state index in [0.717, 1.165) is 21.7 Å². The molecule has 2 N–H and O–H groups in total. The second kappa shape index (κ2) is 8.42. The molecule has 4 rings (SSSR count). The van der Waals surface area contributed by atoms with Gasteiger partial charge in [-0.1, -0.05) is 46.7 Å². The van der Waals surface area contributed by atoms with Gasteiger partial charge >= 0.3 is 0 Å². The van der Waals surface area contributed by atoms with E-state index in [1.54, 1.807) is 4.52 Å². The zero-order valence-corrected chi connectivity index (χ0v) is 18.0. The Bertz CT molecular complexity index is 1320. The summed E-state index contributed by atoms with van der Waals surface area (Å²) in [6.45, 7) is 7.86. The molecule has 0 unspecified atom stereocenters. The van der Waals surface area contributed by atoms with E-state index in [0.29, 0.717) is 16.1 Å². The molecule has 0 spiro atoms. The maximum absolute atomic E-state index is 4.65. The summed E-state index contributed by atoms with van der Waals surface area (Å²) in [4.78, 5) is 0.597. The second-order valence-corrected chi connectivity index (χ2v) is 7.93. The molecule has 30 heavy (non-hydrogen) atoms. The van der Waals surface area contributed by atoms with Crippen LogP contribution < -0.4 is 21.0 Å². The van der Waals surface area contributed by atoms with E-state index >= 15 is 0 Å². The van der Waals surface area contributed by atoms with Crippen LogP contribution in [0.5, 0.6) is 0 Å². The van der Waals surface area contributed by atoms with Gasteiger partial charge < -0.3 is 0 Å². The van der Waals surface area contributed by atoms with Crippen molar-refractivity contribution in [2.45, 2.75) is 27.7 Å². The lowest BCUT2D eigenvalue weighted by molar-refractivity contribution is 0.770. The van der Waals surface area contributed by atoms with Crippen molar-refractivity contribution in [2.24, 2.45) is 10.2 Å². The number of aryl methyl sites for hydroxylation is 4. The van der Waals surface area contributed by atoms with E-state index < -0.39 is 0 Å². The number of aromatic nitrogens is 4. The molecule has 0 aliphatic rings. The van der Waals surface area contributed by atoms with Gasteiger partial charge in [0.2, 0.25) is 4.96 Å². The number of benzene rings is 2. The highest BCUT2D eigenvalue weighted by molar-refractivity contribution is 7.14. The number of nitrogens with zero attached hydrogens (tertiary/aromatic N) is 6. The average molecular weight is 419 g/mol. The molecule has 2 aromatic carbocycles. The molecule has 0 fully saturated rings. The summed E-state index contributed by atoms with van der Waals surface area (Å²) in [6, 6.07) is 16.0. The van der Waals surface area contributed by atoms with Crippen molar-refractivity contribution in [3.8, 4) is 0 Å². The van der Waals surface area contributed by atoms with Gasteiger partial charge in [0.15, 0.2) is 10.2 Å². The number of hydrogen-bond acceptors (Lipinski definition) is 8. The van der Waals surface area contributed by atoms with Crippen molar-refractivity contribution in [3.63, 3.8) is 0 Å². The fraction of sp³-hybridized carbons (Fsp3) is 0.190. The lowest BCUT2D eigenvalue weighted by Gasteiger charge is -2.05. The largest absolute Gasteiger partial charge is 0.277 e. The van der Waals surface area contributed by atoms with E-state index in [1.807, 2.05) is 69.3 Å². The predicted molar refractivity (Wildman–Crippen MR) is 119 cm³/mol. The molecule has 0 atom stereocenters. The third kappa shape index (κ3) is 4.36. The van der Waals surface area contributed by atoms with Crippen molar-refractivity contribution in [3.05, 3.63) is 81.2 Å². The van der Waals surface area contributed by atoms with E-state index in [1.165, 1.54) is 22.5 Å². The molecule has 0 aliphatic heterocycles. The van der Waals surface area contributed by atoms with Crippen molar-refractivity contribution < 1.29 is 0 Å². The van der Waals surface area contributed by atoms with E-state index in [9.17, 15) is 0 Å². The fourth-order valence-corrected chi connectivity index (χ4v) is 3.42. The van der Waals surface area contributed by atoms with Crippen molar-refractivity contribution in [1.29, 1.82) is 0 Å². The average Bonchev–Trinajstić information content (AvgIpc) is 2.74. The Balaban J connectivity index is 1.72. The Morgan fingerprint density at radius 3 is 1.90 bits per heavy atom. The van der Waals surface area contributed by atoms with Crippen LogP contribution in [-0.4, -0.2) is 19.8 Å². The first-order chi connectivity index (χ1) is 14.5. The van der Waals surface area contributed by atoms with Crippen LogP contribution in [0.3, 0.4) is 0 Å². The lowest BCUT2D eigenvalue weighted by Crippen LogP contribution is -2.27. The molecule has 2 aromatic heterocycles. The highest BCUT2D eigenvalue weighted by Gasteiger charge is 2.06. The van der Waals surface area contributed by atoms with Crippen LogP contribution >= 0.6 is 11.3 Å². The Morgan fingerprint density at radius 1 is 0.733 bits per heavy atom. The highest BCUT2D eigenvalue weighted by atomic mass is 32.1. The van der Waals surface area contributed by atoms with Crippen molar-refractivity contribution in [1.82, 2.24) is 19.8 Å². The predicted octanol–water partition coefficient (Wildman–Crippen LogP) is 3.28. The molecule has 0 aliphatic carbocycles. The van der Waals surface area contributed by atoms with Crippen LogP contribution in [0.25, 0.3) is 4.96 Å². The summed E-state index contributed by atoms with van der Waals surface area (Å²) in [6.07, 6.45) is 0. The first kappa shape index (κ1) is 19.7. The summed E-state index contributed by atoms with van der Waals surface area (Å²) in [7, 11) is 0. The van der Waals surface area contributed by atoms with Gasteiger partial charge in [0.1, 0.15) is 5.69 Å². The van der Waals surface area contributed by atoms with E-state index in [2.05, 4.69) is 43.3 Å². The molecule has 9 heteroatoms. The molecule has 0 saturated carbocycles. The Labute approximate surface area is 177 Å². The molecule has 0 bridgehead atoms. The summed E-state index contributed by atoms with van der Waals surface area (Å²) in [5, 5.41) is 22.2. The maximum atomic E-state index is 4.65. The van der Waals surface area contributed by atoms with E-state index in [4.69, 9.17) is 0 Å². The smallest absolute Gasteiger partial charge is 0.235 e. The normalized spacial score (nSPS) is 12.4. The summed E-state index contributed by atoms with van der Waals surface area (Å²) in [5.74, 6) is 0. The Hall–Kier alpha value is -3.59. The van der Waals surface area contributed by atoms with Gasteiger partial charge in [0.05, 0.1) is 17.1 Å². The fourth-order valence-electron chi connectivity index (χ4n) is 2.68.